The van der Waals surface area contributed by atoms with E-state index in [0.29, 0.717) is 41.2 Å². The van der Waals surface area contributed by atoms with Gasteiger partial charge in [-0.2, -0.15) is 5.10 Å². The van der Waals surface area contributed by atoms with Gasteiger partial charge in [0.2, 0.25) is 5.91 Å². The van der Waals surface area contributed by atoms with E-state index in [2.05, 4.69) is 15.7 Å². The lowest BCUT2D eigenvalue weighted by Crippen LogP contribution is -2.17. The van der Waals surface area contributed by atoms with Crippen LogP contribution in [0.1, 0.15) is 44.6 Å². The molecule has 4 rings (SSSR count). The van der Waals surface area contributed by atoms with Crippen LogP contribution in [0.4, 0.5) is 11.4 Å². The number of carbonyl (C=O) groups is 3. The third-order valence-corrected chi connectivity index (χ3v) is 4.81. The first kappa shape index (κ1) is 18.6. The van der Waals surface area contributed by atoms with Gasteiger partial charge in [-0.15, -0.1) is 0 Å². The zero-order chi connectivity index (χ0) is 20.5. The highest BCUT2D eigenvalue weighted by Gasteiger charge is 2.20. The molecule has 0 unspecified atom stereocenters. The van der Waals surface area contributed by atoms with Gasteiger partial charge in [0.1, 0.15) is 5.69 Å². The van der Waals surface area contributed by atoms with Gasteiger partial charge in [-0.3, -0.25) is 19.1 Å². The van der Waals surface area contributed by atoms with Gasteiger partial charge in [0.15, 0.2) is 5.78 Å². The van der Waals surface area contributed by atoms with Crippen LogP contribution in [0.25, 0.3) is 0 Å². The van der Waals surface area contributed by atoms with Gasteiger partial charge < -0.3 is 10.6 Å². The fourth-order valence-corrected chi connectivity index (χ4v) is 3.42. The average molecular weight is 388 g/mol. The highest BCUT2D eigenvalue weighted by molar-refractivity contribution is 6.11. The van der Waals surface area contributed by atoms with E-state index >= 15 is 0 Å². The molecule has 2 heterocycles. The summed E-state index contributed by atoms with van der Waals surface area (Å²) in [6.45, 7) is 4.34. The van der Waals surface area contributed by atoms with Crippen LogP contribution < -0.4 is 10.6 Å². The molecule has 1 aromatic heterocycles. The zero-order valence-electron chi connectivity index (χ0n) is 16.2. The number of ketones is 1. The maximum Gasteiger partial charge on any atom is 0.273 e. The molecule has 0 spiro atoms. The van der Waals surface area contributed by atoms with Crippen LogP contribution >= 0.6 is 0 Å². The molecule has 2 aromatic carbocycles. The summed E-state index contributed by atoms with van der Waals surface area (Å²) in [5.74, 6) is -0.535. The Balaban J connectivity index is 1.56. The molecule has 0 bridgehead atoms. The van der Waals surface area contributed by atoms with E-state index in [1.54, 1.807) is 53.2 Å². The molecule has 3 aromatic rings. The normalized spacial score (nSPS) is 12.4. The summed E-state index contributed by atoms with van der Waals surface area (Å²) in [6.07, 6.45) is 0.332. The molecule has 2 amide bonds. The van der Waals surface area contributed by atoms with E-state index < -0.39 is 0 Å². The number of nitrogens with zero attached hydrogens (tertiary/aromatic N) is 2. The molecule has 1 aliphatic rings. The van der Waals surface area contributed by atoms with E-state index in [9.17, 15) is 14.4 Å². The summed E-state index contributed by atoms with van der Waals surface area (Å²) >= 11 is 0. The lowest BCUT2D eigenvalue weighted by molar-refractivity contribution is -0.115. The van der Waals surface area contributed by atoms with Crippen LogP contribution in [0.2, 0.25) is 0 Å². The SMILES string of the molecule is CCn1nc(C)cc1C(=O)Nc1cccc(C(=O)c2ccc3c(c2)NC(=O)C3)c1. The minimum atomic E-state index is -0.280. The summed E-state index contributed by atoms with van der Waals surface area (Å²) in [4.78, 5) is 37.0. The van der Waals surface area contributed by atoms with E-state index in [-0.39, 0.29) is 17.6 Å². The molecular formula is C22H20N4O3. The van der Waals surface area contributed by atoms with Crippen molar-refractivity contribution < 1.29 is 14.4 Å². The van der Waals surface area contributed by atoms with Crippen molar-refractivity contribution in [1.82, 2.24) is 9.78 Å². The Kier molecular flexibility index (Phi) is 4.72. The Labute approximate surface area is 167 Å². The van der Waals surface area contributed by atoms with E-state index in [4.69, 9.17) is 0 Å². The van der Waals surface area contributed by atoms with E-state index in [0.717, 1.165) is 11.3 Å². The van der Waals surface area contributed by atoms with Crippen LogP contribution in [0.5, 0.6) is 0 Å². The molecule has 7 nitrogen and oxygen atoms in total. The molecule has 0 radical (unpaired) electrons. The van der Waals surface area contributed by atoms with Crippen molar-refractivity contribution in [2.24, 2.45) is 0 Å². The fraction of sp³-hybridized carbons (Fsp3) is 0.182. The lowest BCUT2D eigenvalue weighted by atomic mass is 10.0. The molecule has 146 valence electrons. The van der Waals surface area contributed by atoms with Gasteiger partial charge >= 0.3 is 0 Å². The smallest absolute Gasteiger partial charge is 0.273 e. The number of aryl methyl sites for hydroxylation is 2. The fourth-order valence-electron chi connectivity index (χ4n) is 3.42. The second-order valence-electron chi connectivity index (χ2n) is 6.95. The van der Waals surface area contributed by atoms with Gasteiger partial charge in [0.25, 0.3) is 5.91 Å². The summed E-state index contributed by atoms with van der Waals surface area (Å²) < 4.78 is 1.64. The van der Waals surface area contributed by atoms with Crippen LogP contribution in [-0.2, 0) is 17.8 Å². The predicted octanol–water partition coefficient (Wildman–Crippen LogP) is 3.19. The molecule has 7 heteroatoms. The molecule has 0 aliphatic carbocycles. The second kappa shape index (κ2) is 7.35. The Morgan fingerprint density at radius 1 is 1.14 bits per heavy atom. The molecule has 0 fully saturated rings. The summed E-state index contributed by atoms with van der Waals surface area (Å²) in [6, 6.07) is 13.7. The number of rotatable bonds is 5. The van der Waals surface area contributed by atoms with Crippen molar-refractivity contribution in [1.29, 1.82) is 0 Å². The van der Waals surface area contributed by atoms with Crippen molar-refractivity contribution in [2.45, 2.75) is 26.8 Å². The molecule has 0 saturated carbocycles. The standard InChI is InChI=1S/C22H20N4O3/c1-3-26-19(9-13(2)25-26)22(29)23-17-6-4-5-15(10-17)21(28)16-8-7-14-12-20(27)24-18(14)11-16/h4-11H,3,12H2,1-2H3,(H,23,29)(H,24,27). The highest BCUT2D eigenvalue weighted by Crippen LogP contribution is 2.25. The zero-order valence-corrected chi connectivity index (χ0v) is 16.2. The first-order valence-corrected chi connectivity index (χ1v) is 9.38. The first-order valence-electron chi connectivity index (χ1n) is 9.38. The van der Waals surface area contributed by atoms with Crippen molar-refractivity contribution in [3.8, 4) is 0 Å². The number of anilines is 2. The monoisotopic (exact) mass is 388 g/mol. The van der Waals surface area contributed by atoms with Gasteiger partial charge in [0, 0.05) is 29.0 Å². The maximum absolute atomic E-state index is 12.9. The van der Waals surface area contributed by atoms with Crippen molar-refractivity contribution in [3.63, 3.8) is 0 Å². The minimum absolute atomic E-state index is 0.0733. The van der Waals surface area contributed by atoms with Crippen LogP contribution in [0, 0.1) is 6.92 Å². The number of carbonyl (C=O) groups excluding carboxylic acids is 3. The first-order chi connectivity index (χ1) is 13.9. The number of amides is 2. The Bertz CT molecular complexity index is 1150. The molecule has 0 atom stereocenters. The van der Waals surface area contributed by atoms with Gasteiger partial charge in [-0.05, 0) is 43.7 Å². The Morgan fingerprint density at radius 2 is 1.93 bits per heavy atom. The largest absolute Gasteiger partial charge is 0.326 e. The number of hydrogen-bond donors (Lipinski definition) is 2. The molecule has 0 saturated heterocycles. The molecule has 2 N–H and O–H groups in total. The van der Waals surface area contributed by atoms with Crippen molar-refractivity contribution in [3.05, 3.63) is 76.6 Å². The van der Waals surface area contributed by atoms with Crippen LogP contribution in [0.15, 0.2) is 48.5 Å². The van der Waals surface area contributed by atoms with Crippen molar-refractivity contribution >= 4 is 29.0 Å². The Hall–Kier alpha value is -3.74. The number of nitrogens with one attached hydrogen (secondary N) is 2. The van der Waals surface area contributed by atoms with E-state index in [1.807, 2.05) is 13.8 Å². The van der Waals surface area contributed by atoms with Crippen LogP contribution in [0.3, 0.4) is 0 Å². The second-order valence-corrected chi connectivity index (χ2v) is 6.95. The average Bonchev–Trinajstić information content (AvgIpc) is 3.28. The summed E-state index contributed by atoms with van der Waals surface area (Å²) in [5.41, 5.74) is 4.25. The third kappa shape index (κ3) is 3.67. The minimum Gasteiger partial charge on any atom is -0.326 e. The predicted molar refractivity (Wildman–Crippen MR) is 109 cm³/mol. The molecule has 1 aliphatic heterocycles. The third-order valence-electron chi connectivity index (χ3n) is 4.81. The highest BCUT2D eigenvalue weighted by atomic mass is 16.2. The van der Waals surface area contributed by atoms with Crippen LogP contribution in [-0.4, -0.2) is 27.4 Å². The topological polar surface area (TPSA) is 93.1 Å². The lowest BCUT2D eigenvalue weighted by Gasteiger charge is -2.09. The van der Waals surface area contributed by atoms with Crippen molar-refractivity contribution in [2.75, 3.05) is 10.6 Å². The van der Waals surface area contributed by atoms with Gasteiger partial charge in [-0.25, -0.2) is 0 Å². The molecule has 29 heavy (non-hydrogen) atoms. The number of aromatic nitrogens is 2. The summed E-state index contributed by atoms with van der Waals surface area (Å²) in [5, 5.41) is 9.87. The quantitative estimate of drug-likeness (QED) is 0.657. The van der Waals surface area contributed by atoms with Gasteiger partial charge in [-0.1, -0.05) is 24.3 Å². The Morgan fingerprint density at radius 3 is 2.72 bits per heavy atom. The molecular weight excluding hydrogens is 368 g/mol. The number of benzene rings is 2. The number of hydrogen-bond acceptors (Lipinski definition) is 4. The number of fused-ring (bicyclic) bond motifs is 1. The van der Waals surface area contributed by atoms with Gasteiger partial charge in [0.05, 0.1) is 12.1 Å². The summed E-state index contributed by atoms with van der Waals surface area (Å²) in [7, 11) is 0. The maximum atomic E-state index is 12.9. The van der Waals surface area contributed by atoms with E-state index in [1.165, 1.54) is 0 Å².